The van der Waals surface area contributed by atoms with Gasteiger partial charge >= 0.3 is 0 Å². The minimum absolute atomic E-state index is 0.504. The first kappa shape index (κ1) is 13.7. The Morgan fingerprint density at radius 2 is 1.94 bits per heavy atom. The predicted molar refractivity (Wildman–Crippen MR) is 80.0 cm³/mol. The molecule has 0 saturated heterocycles. The molecule has 0 saturated carbocycles. The van der Waals surface area contributed by atoms with Crippen molar-refractivity contribution in [1.29, 1.82) is 0 Å². The third-order valence-electron chi connectivity index (χ3n) is 2.58. The zero-order valence-corrected chi connectivity index (χ0v) is 12.8. The van der Waals surface area contributed by atoms with Gasteiger partial charge in [-0.1, -0.05) is 33.6 Å². The summed E-state index contributed by atoms with van der Waals surface area (Å²) in [6, 6.07) is 11.3. The van der Waals surface area contributed by atoms with Gasteiger partial charge in [-0.15, -0.1) is 11.6 Å². The zero-order valence-electron chi connectivity index (χ0n) is 9.71. The Hall–Kier alpha value is -0.700. The standard InChI is InChI=1S/C14H11BrCl2O/c1-9-6-12(4-2-10(9)8-16)18-14-7-11(15)3-5-13(14)17/h2-7H,8H2,1H3. The summed E-state index contributed by atoms with van der Waals surface area (Å²) >= 11 is 15.3. The molecule has 2 aromatic carbocycles. The first-order valence-corrected chi connectivity index (χ1v) is 7.09. The third-order valence-corrected chi connectivity index (χ3v) is 3.67. The monoisotopic (exact) mass is 344 g/mol. The average molecular weight is 346 g/mol. The van der Waals surface area contributed by atoms with E-state index in [1.54, 1.807) is 6.07 Å². The second kappa shape index (κ2) is 5.96. The lowest BCUT2D eigenvalue weighted by Crippen LogP contribution is -1.89. The molecule has 0 aliphatic rings. The van der Waals surface area contributed by atoms with Crippen molar-refractivity contribution < 1.29 is 4.74 Å². The van der Waals surface area contributed by atoms with Gasteiger partial charge < -0.3 is 4.74 Å². The minimum atomic E-state index is 0.504. The number of benzene rings is 2. The smallest absolute Gasteiger partial charge is 0.147 e. The normalized spacial score (nSPS) is 10.4. The van der Waals surface area contributed by atoms with Crippen LogP contribution in [-0.4, -0.2) is 0 Å². The van der Waals surface area contributed by atoms with Crippen molar-refractivity contribution in [3.8, 4) is 11.5 Å². The van der Waals surface area contributed by atoms with Gasteiger partial charge in [0.15, 0.2) is 0 Å². The number of hydrogen-bond donors (Lipinski definition) is 0. The van der Waals surface area contributed by atoms with E-state index in [0.717, 1.165) is 21.3 Å². The molecule has 0 fully saturated rings. The Labute approximate surface area is 125 Å². The SMILES string of the molecule is Cc1cc(Oc2cc(Br)ccc2Cl)ccc1CCl. The molecule has 0 aromatic heterocycles. The molecule has 18 heavy (non-hydrogen) atoms. The van der Waals surface area contributed by atoms with Crippen molar-refractivity contribution in [2.45, 2.75) is 12.8 Å². The Morgan fingerprint density at radius 1 is 1.17 bits per heavy atom. The van der Waals surface area contributed by atoms with Gasteiger partial charge in [0.1, 0.15) is 11.5 Å². The van der Waals surface area contributed by atoms with Crippen LogP contribution in [0.4, 0.5) is 0 Å². The van der Waals surface area contributed by atoms with Gasteiger partial charge in [0.2, 0.25) is 0 Å². The lowest BCUT2D eigenvalue weighted by Gasteiger charge is -2.10. The lowest BCUT2D eigenvalue weighted by atomic mass is 10.1. The molecule has 94 valence electrons. The second-order valence-corrected chi connectivity index (χ2v) is 5.49. The van der Waals surface area contributed by atoms with Crippen LogP contribution in [0.5, 0.6) is 11.5 Å². The highest BCUT2D eigenvalue weighted by molar-refractivity contribution is 9.10. The quantitative estimate of drug-likeness (QED) is 0.625. The van der Waals surface area contributed by atoms with E-state index < -0.39 is 0 Å². The zero-order chi connectivity index (χ0) is 13.1. The molecular formula is C14H11BrCl2O. The Kier molecular flexibility index (Phi) is 4.55. The highest BCUT2D eigenvalue weighted by Gasteiger charge is 2.05. The van der Waals surface area contributed by atoms with Crippen LogP contribution in [0.1, 0.15) is 11.1 Å². The van der Waals surface area contributed by atoms with E-state index in [-0.39, 0.29) is 0 Å². The van der Waals surface area contributed by atoms with Crippen LogP contribution in [0.15, 0.2) is 40.9 Å². The van der Waals surface area contributed by atoms with Gasteiger partial charge in [0.05, 0.1) is 5.02 Å². The van der Waals surface area contributed by atoms with E-state index in [4.69, 9.17) is 27.9 Å². The molecule has 2 aromatic rings. The fourth-order valence-corrected chi connectivity index (χ4v) is 2.36. The number of aryl methyl sites for hydroxylation is 1. The first-order chi connectivity index (χ1) is 8.60. The summed E-state index contributed by atoms with van der Waals surface area (Å²) < 4.78 is 6.69. The van der Waals surface area contributed by atoms with Gasteiger partial charge in [0.25, 0.3) is 0 Å². The molecule has 1 nitrogen and oxygen atoms in total. The van der Waals surface area contributed by atoms with Crippen LogP contribution in [0, 0.1) is 6.92 Å². The lowest BCUT2D eigenvalue weighted by molar-refractivity contribution is 0.482. The van der Waals surface area contributed by atoms with Gasteiger partial charge in [-0.2, -0.15) is 0 Å². The predicted octanol–water partition coefficient (Wildman–Crippen LogP) is 5.94. The second-order valence-electron chi connectivity index (χ2n) is 3.90. The topological polar surface area (TPSA) is 9.23 Å². The number of ether oxygens (including phenoxy) is 1. The molecule has 0 amide bonds. The summed E-state index contributed by atoms with van der Waals surface area (Å²) in [6.07, 6.45) is 0. The molecule has 0 aliphatic carbocycles. The third kappa shape index (κ3) is 3.19. The van der Waals surface area contributed by atoms with Crippen molar-refractivity contribution in [3.63, 3.8) is 0 Å². The Morgan fingerprint density at radius 3 is 2.61 bits per heavy atom. The van der Waals surface area contributed by atoms with Crippen molar-refractivity contribution in [2.75, 3.05) is 0 Å². The number of alkyl halides is 1. The summed E-state index contributed by atoms with van der Waals surface area (Å²) in [6.45, 7) is 2.01. The van der Waals surface area contributed by atoms with Gasteiger partial charge in [-0.25, -0.2) is 0 Å². The molecule has 0 spiro atoms. The van der Waals surface area contributed by atoms with Crippen molar-refractivity contribution in [1.82, 2.24) is 0 Å². The van der Waals surface area contributed by atoms with E-state index in [1.807, 2.05) is 37.3 Å². The van der Waals surface area contributed by atoms with E-state index in [1.165, 1.54) is 0 Å². The van der Waals surface area contributed by atoms with Crippen LogP contribution >= 0.6 is 39.1 Å². The fourth-order valence-electron chi connectivity index (χ4n) is 1.56. The highest BCUT2D eigenvalue weighted by Crippen LogP contribution is 2.32. The van der Waals surface area contributed by atoms with Crippen LogP contribution in [0.2, 0.25) is 5.02 Å². The molecule has 0 radical (unpaired) electrons. The van der Waals surface area contributed by atoms with Gasteiger partial charge in [-0.3, -0.25) is 0 Å². The van der Waals surface area contributed by atoms with E-state index in [9.17, 15) is 0 Å². The van der Waals surface area contributed by atoms with Crippen LogP contribution in [0.3, 0.4) is 0 Å². The van der Waals surface area contributed by atoms with Crippen LogP contribution in [-0.2, 0) is 5.88 Å². The van der Waals surface area contributed by atoms with Crippen molar-refractivity contribution >= 4 is 39.1 Å². The van der Waals surface area contributed by atoms with E-state index in [0.29, 0.717) is 16.7 Å². The molecule has 0 atom stereocenters. The number of rotatable bonds is 3. The minimum Gasteiger partial charge on any atom is -0.456 e. The molecule has 0 unspecified atom stereocenters. The number of hydrogen-bond acceptors (Lipinski definition) is 1. The first-order valence-electron chi connectivity index (χ1n) is 5.38. The molecule has 4 heteroatoms. The summed E-state index contributed by atoms with van der Waals surface area (Å²) in [4.78, 5) is 0. The van der Waals surface area contributed by atoms with E-state index in [2.05, 4.69) is 15.9 Å². The number of halogens is 3. The fraction of sp³-hybridized carbons (Fsp3) is 0.143. The van der Waals surface area contributed by atoms with Crippen LogP contribution < -0.4 is 4.74 Å². The van der Waals surface area contributed by atoms with Crippen molar-refractivity contribution in [2.24, 2.45) is 0 Å². The summed E-state index contributed by atoms with van der Waals surface area (Å²) in [7, 11) is 0. The molecular weight excluding hydrogens is 335 g/mol. The summed E-state index contributed by atoms with van der Waals surface area (Å²) in [5.41, 5.74) is 2.21. The van der Waals surface area contributed by atoms with Gasteiger partial charge in [-0.05, 0) is 48.4 Å². The van der Waals surface area contributed by atoms with Crippen LogP contribution in [0.25, 0.3) is 0 Å². The Bertz CT molecular complexity index is 570. The van der Waals surface area contributed by atoms with E-state index >= 15 is 0 Å². The maximum Gasteiger partial charge on any atom is 0.147 e. The summed E-state index contributed by atoms with van der Waals surface area (Å²) in [5, 5.41) is 0.581. The maximum atomic E-state index is 6.08. The van der Waals surface area contributed by atoms with Crippen molar-refractivity contribution in [3.05, 3.63) is 57.0 Å². The molecule has 0 heterocycles. The largest absolute Gasteiger partial charge is 0.456 e. The average Bonchev–Trinajstić information content (AvgIpc) is 2.34. The molecule has 2 rings (SSSR count). The Balaban J connectivity index is 2.28. The molecule has 0 bridgehead atoms. The summed E-state index contributed by atoms with van der Waals surface area (Å²) in [5.74, 6) is 1.88. The maximum absolute atomic E-state index is 6.08. The molecule has 0 aliphatic heterocycles. The van der Waals surface area contributed by atoms with Gasteiger partial charge in [0, 0.05) is 10.4 Å². The molecule has 0 N–H and O–H groups in total. The highest BCUT2D eigenvalue weighted by atomic mass is 79.9.